The third kappa shape index (κ3) is 2.20. The molecule has 20 heavy (non-hydrogen) atoms. The number of carbonyl (C=O) groups is 1. The molecule has 0 saturated heterocycles. The van der Waals surface area contributed by atoms with Gasteiger partial charge in [-0.2, -0.15) is 0 Å². The molecule has 0 radical (unpaired) electrons. The van der Waals surface area contributed by atoms with Crippen LogP contribution in [-0.2, 0) is 4.79 Å². The van der Waals surface area contributed by atoms with Crippen molar-refractivity contribution in [2.45, 2.75) is 13.0 Å². The van der Waals surface area contributed by atoms with E-state index in [1.54, 1.807) is 19.1 Å². The summed E-state index contributed by atoms with van der Waals surface area (Å²) in [7, 11) is 2.96. The predicted molar refractivity (Wildman–Crippen MR) is 73.7 cm³/mol. The fourth-order valence-corrected chi connectivity index (χ4v) is 2.05. The van der Waals surface area contributed by atoms with Crippen molar-refractivity contribution < 1.29 is 19.4 Å². The van der Waals surface area contributed by atoms with Crippen molar-refractivity contribution in [3.63, 3.8) is 0 Å². The van der Waals surface area contributed by atoms with E-state index in [0.29, 0.717) is 22.4 Å². The molecular weight excluding hydrogens is 262 g/mol. The van der Waals surface area contributed by atoms with Crippen molar-refractivity contribution in [2.75, 3.05) is 14.2 Å². The molecule has 1 atom stereocenters. The molecule has 0 fully saturated rings. The van der Waals surface area contributed by atoms with E-state index in [2.05, 4.69) is 0 Å². The van der Waals surface area contributed by atoms with Crippen LogP contribution in [0.5, 0.6) is 11.5 Å². The SMILES string of the molecule is COc1cc2c(=O)ccn([C@@H](C)C(=O)O)c2cc1OC. The Morgan fingerprint density at radius 2 is 1.85 bits per heavy atom. The Morgan fingerprint density at radius 1 is 1.25 bits per heavy atom. The minimum Gasteiger partial charge on any atom is -0.493 e. The average Bonchev–Trinajstić information content (AvgIpc) is 2.45. The van der Waals surface area contributed by atoms with Crippen LogP contribution in [0.2, 0.25) is 0 Å². The van der Waals surface area contributed by atoms with Crippen LogP contribution < -0.4 is 14.9 Å². The molecule has 0 aliphatic heterocycles. The molecule has 0 amide bonds. The molecule has 2 rings (SSSR count). The van der Waals surface area contributed by atoms with E-state index in [1.165, 1.54) is 31.0 Å². The lowest BCUT2D eigenvalue weighted by atomic mass is 10.1. The van der Waals surface area contributed by atoms with Gasteiger partial charge in [-0.05, 0) is 13.0 Å². The van der Waals surface area contributed by atoms with Gasteiger partial charge in [-0.15, -0.1) is 0 Å². The molecule has 2 aromatic rings. The molecule has 0 bridgehead atoms. The number of carboxylic acid groups (broad SMARTS) is 1. The standard InChI is InChI=1S/C14H15NO5/c1-8(14(17)18)15-5-4-11(16)9-6-12(19-2)13(20-3)7-10(9)15/h4-8H,1-3H3,(H,17,18)/t8-/m0/s1. The molecule has 0 aliphatic rings. The van der Waals surface area contributed by atoms with Crippen LogP contribution in [0.1, 0.15) is 13.0 Å². The Balaban J connectivity index is 2.83. The minimum absolute atomic E-state index is 0.199. The maximum Gasteiger partial charge on any atom is 0.326 e. The first kappa shape index (κ1) is 13.9. The van der Waals surface area contributed by atoms with E-state index >= 15 is 0 Å². The number of fused-ring (bicyclic) bond motifs is 1. The number of hydrogen-bond acceptors (Lipinski definition) is 4. The van der Waals surface area contributed by atoms with Crippen LogP contribution in [0.15, 0.2) is 29.2 Å². The van der Waals surface area contributed by atoms with Gasteiger partial charge in [0.25, 0.3) is 0 Å². The number of benzene rings is 1. The van der Waals surface area contributed by atoms with Gasteiger partial charge in [-0.3, -0.25) is 4.79 Å². The predicted octanol–water partition coefficient (Wildman–Crippen LogP) is 1.66. The largest absolute Gasteiger partial charge is 0.493 e. The number of rotatable bonds is 4. The van der Waals surface area contributed by atoms with Gasteiger partial charge in [0.2, 0.25) is 0 Å². The molecule has 1 aromatic heterocycles. The number of methoxy groups -OCH3 is 2. The van der Waals surface area contributed by atoms with Crippen LogP contribution in [-0.4, -0.2) is 29.9 Å². The second-order valence-corrected chi connectivity index (χ2v) is 4.33. The lowest BCUT2D eigenvalue weighted by Gasteiger charge is -2.16. The highest BCUT2D eigenvalue weighted by Gasteiger charge is 2.17. The monoisotopic (exact) mass is 277 g/mol. The molecular formula is C14H15NO5. The Morgan fingerprint density at radius 3 is 2.40 bits per heavy atom. The normalized spacial score (nSPS) is 12.2. The number of ether oxygens (including phenoxy) is 2. The lowest BCUT2D eigenvalue weighted by Crippen LogP contribution is -2.18. The van der Waals surface area contributed by atoms with Crippen molar-refractivity contribution >= 4 is 16.9 Å². The molecule has 0 unspecified atom stereocenters. The Bertz CT molecular complexity index is 719. The second-order valence-electron chi connectivity index (χ2n) is 4.33. The summed E-state index contributed by atoms with van der Waals surface area (Å²) < 4.78 is 11.9. The van der Waals surface area contributed by atoms with E-state index in [4.69, 9.17) is 14.6 Å². The zero-order valence-electron chi connectivity index (χ0n) is 11.4. The first-order chi connectivity index (χ1) is 9.49. The molecule has 1 aromatic carbocycles. The van der Waals surface area contributed by atoms with Crippen molar-refractivity contribution in [3.05, 3.63) is 34.6 Å². The topological polar surface area (TPSA) is 77.8 Å². The summed E-state index contributed by atoms with van der Waals surface area (Å²) in [6, 6.07) is 3.71. The first-order valence-electron chi connectivity index (χ1n) is 5.99. The number of aliphatic carboxylic acids is 1. The van der Waals surface area contributed by atoms with Gasteiger partial charge in [0.1, 0.15) is 6.04 Å². The highest BCUT2D eigenvalue weighted by Crippen LogP contribution is 2.31. The van der Waals surface area contributed by atoms with E-state index in [-0.39, 0.29) is 5.43 Å². The Hall–Kier alpha value is -2.50. The molecule has 6 nitrogen and oxygen atoms in total. The van der Waals surface area contributed by atoms with Crippen LogP contribution >= 0.6 is 0 Å². The zero-order chi connectivity index (χ0) is 14.9. The van der Waals surface area contributed by atoms with Crippen LogP contribution in [0.4, 0.5) is 0 Å². The quantitative estimate of drug-likeness (QED) is 0.919. The third-order valence-electron chi connectivity index (χ3n) is 3.21. The first-order valence-corrected chi connectivity index (χ1v) is 5.99. The minimum atomic E-state index is -0.982. The maximum atomic E-state index is 11.9. The van der Waals surface area contributed by atoms with Gasteiger partial charge in [-0.25, -0.2) is 4.79 Å². The van der Waals surface area contributed by atoms with E-state index in [9.17, 15) is 9.59 Å². The van der Waals surface area contributed by atoms with Gasteiger partial charge in [0.05, 0.1) is 19.7 Å². The number of hydrogen-bond donors (Lipinski definition) is 1. The molecule has 106 valence electrons. The van der Waals surface area contributed by atoms with Crippen molar-refractivity contribution in [2.24, 2.45) is 0 Å². The van der Waals surface area contributed by atoms with Crippen LogP contribution in [0, 0.1) is 0 Å². The molecule has 0 saturated carbocycles. The van der Waals surface area contributed by atoms with Gasteiger partial charge >= 0.3 is 5.97 Å². The summed E-state index contributed by atoms with van der Waals surface area (Å²) in [4.78, 5) is 23.1. The molecule has 0 spiro atoms. The highest BCUT2D eigenvalue weighted by atomic mass is 16.5. The van der Waals surface area contributed by atoms with Crippen molar-refractivity contribution in [1.82, 2.24) is 4.57 Å². The van der Waals surface area contributed by atoms with Gasteiger partial charge in [0.15, 0.2) is 16.9 Å². The van der Waals surface area contributed by atoms with Gasteiger partial charge in [0, 0.05) is 23.7 Å². The van der Waals surface area contributed by atoms with Crippen molar-refractivity contribution in [1.29, 1.82) is 0 Å². The summed E-state index contributed by atoms with van der Waals surface area (Å²) in [5.74, 6) is -0.112. The fraction of sp³-hybridized carbons (Fsp3) is 0.286. The molecule has 6 heteroatoms. The zero-order valence-corrected chi connectivity index (χ0v) is 11.4. The number of nitrogens with zero attached hydrogens (tertiary/aromatic N) is 1. The molecule has 1 N–H and O–H groups in total. The van der Waals surface area contributed by atoms with E-state index in [0.717, 1.165) is 0 Å². The molecule has 0 aliphatic carbocycles. The highest BCUT2D eigenvalue weighted by molar-refractivity contribution is 5.85. The molecule has 1 heterocycles. The maximum absolute atomic E-state index is 11.9. The summed E-state index contributed by atoms with van der Waals surface area (Å²) in [5.41, 5.74) is 0.292. The van der Waals surface area contributed by atoms with Gasteiger partial charge in [-0.1, -0.05) is 0 Å². The number of aromatic nitrogens is 1. The number of pyridine rings is 1. The summed E-state index contributed by atoms with van der Waals surface area (Å²) >= 11 is 0. The average molecular weight is 277 g/mol. The fourth-order valence-electron chi connectivity index (χ4n) is 2.05. The van der Waals surface area contributed by atoms with E-state index in [1.807, 2.05) is 0 Å². The van der Waals surface area contributed by atoms with Gasteiger partial charge < -0.3 is 19.1 Å². The Kier molecular flexibility index (Phi) is 3.65. The Labute approximate surface area is 115 Å². The number of carboxylic acids is 1. The third-order valence-corrected chi connectivity index (χ3v) is 3.21. The summed E-state index contributed by atoms with van der Waals surface area (Å²) in [6.07, 6.45) is 1.47. The van der Waals surface area contributed by atoms with Crippen LogP contribution in [0.3, 0.4) is 0 Å². The van der Waals surface area contributed by atoms with Crippen molar-refractivity contribution in [3.8, 4) is 11.5 Å². The summed E-state index contributed by atoms with van der Waals surface area (Å²) in [6.45, 7) is 1.54. The smallest absolute Gasteiger partial charge is 0.326 e. The second kappa shape index (κ2) is 5.24. The van der Waals surface area contributed by atoms with Crippen LogP contribution in [0.25, 0.3) is 10.9 Å². The lowest BCUT2D eigenvalue weighted by molar-refractivity contribution is -0.140. The van der Waals surface area contributed by atoms with E-state index < -0.39 is 12.0 Å². The summed E-state index contributed by atoms with van der Waals surface area (Å²) in [5, 5.41) is 9.52.